The first-order valence-electron chi connectivity index (χ1n) is 49.3. The number of benzene rings is 12. The topological polar surface area (TPSA) is 75.9 Å². The van der Waals surface area contributed by atoms with E-state index in [2.05, 4.69) is 415 Å². The van der Waals surface area contributed by atoms with Gasteiger partial charge in [-0.25, -0.2) is 8.78 Å². The summed E-state index contributed by atoms with van der Waals surface area (Å²) in [4.78, 5) is 0. The van der Waals surface area contributed by atoms with Gasteiger partial charge in [-0.05, 0) is 295 Å². The first-order chi connectivity index (χ1) is 61.9. The molecule has 6 nitrogen and oxygen atoms in total. The summed E-state index contributed by atoms with van der Waals surface area (Å²) in [6.45, 7) is 85.0. The fourth-order valence-corrected chi connectivity index (χ4v) is 20.1. The third-order valence-corrected chi connectivity index (χ3v) is 27.6. The van der Waals surface area contributed by atoms with Crippen LogP contribution in [0.25, 0.3) is 105 Å². The normalized spacial score (nSPS) is 13.4. The van der Waals surface area contributed by atoms with E-state index in [1.165, 1.54) is 74.3 Å². The van der Waals surface area contributed by atoms with Gasteiger partial charge in [0.05, 0.1) is 34.6 Å². The maximum absolute atomic E-state index is 17.1. The standard InChI is InChI=1S/C127H158F2N2O4.2CH3.Hf/c1-75-49-98(128)71-105(103-67-96(126(35,36)73-116(5,6)7)69-108(112(103)132)130-107-61-82(86-56-92(122(23,24)25)65-93(57-86)123(26,27)28)43-46-100(107)80-41-39-79(40-42-80)84-52-88(118(11,12)13)63-89(53-84)119(14,15)16)114(75)134-77(3)51-78(4)135-115-76(2)50-99(129)72-106(115)104-68-97(127(37,38)74-117(8,9)10)70-111(113(104)133)131-109-48-45-81(85-54-90(120(17,18)19)64-91(55-85)121(20,21)22)60-102(109)101-47-44-83(62-110(101)131)87-58-94(124(29,30)31)66-95(59-87)125(32,33)34;;;/h39-50,52-72,77-78,130,132-133H,51,73-74H2,1-38H3;2*1H3;/q;2*-1;/t77-,78-;;;/m1.../s1. The molecule has 0 spiro atoms. The summed E-state index contributed by atoms with van der Waals surface area (Å²) >= 11 is 0. The van der Waals surface area contributed by atoms with Crippen molar-refractivity contribution in [3.05, 3.63) is 293 Å². The Morgan fingerprint density at radius 1 is 0.290 bits per heavy atom. The molecule has 2 atom stereocenters. The Balaban J connectivity index is 0.00000655. The van der Waals surface area contributed by atoms with Crippen LogP contribution in [0.4, 0.5) is 20.2 Å². The molecule has 0 aliphatic heterocycles. The summed E-state index contributed by atoms with van der Waals surface area (Å²) in [7, 11) is 0. The van der Waals surface area contributed by atoms with Gasteiger partial charge in [0.1, 0.15) is 34.6 Å². The fourth-order valence-electron chi connectivity index (χ4n) is 20.1. The van der Waals surface area contributed by atoms with Gasteiger partial charge >= 0.3 is 0 Å². The van der Waals surface area contributed by atoms with E-state index >= 15 is 8.78 Å². The number of anilines is 2. The van der Waals surface area contributed by atoms with Crippen LogP contribution in [0.2, 0.25) is 0 Å². The van der Waals surface area contributed by atoms with Crippen LogP contribution in [0.5, 0.6) is 23.0 Å². The zero-order chi connectivity index (χ0) is 99.8. The Hall–Kier alpha value is -9.83. The molecule has 0 fully saturated rings. The van der Waals surface area contributed by atoms with Gasteiger partial charge in [0, 0.05) is 76.5 Å². The van der Waals surface area contributed by atoms with E-state index in [0.717, 1.165) is 102 Å². The van der Waals surface area contributed by atoms with Gasteiger partial charge in [0.2, 0.25) is 0 Å². The number of hydrogen-bond acceptors (Lipinski definition) is 5. The van der Waals surface area contributed by atoms with Crippen LogP contribution >= 0.6 is 0 Å². The molecule has 0 unspecified atom stereocenters. The van der Waals surface area contributed by atoms with E-state index in [0.29, 0.717) is 62.7 Å². The molecule has 13 aromatic rings. The number of hydrogen-bond donors (Lipinski definition) is 3. The van der Waals surface area contributed by atoms with Gasteiger partial charge in [-0.3, -0.25) is 0 Å². The molecule has 0 saturated carbocycles. The molecular formula is C129H164F2HfN2O4-2. The molecule has 0 saturated heterocycles. The van der Waals surface area contributed by atoms with E-state index in [1.807, 2.05) is 33.8 Å². The maximum atomic E-state index is 17.1. The van der Waals surface area contributed by atoms with E-state index < -0.39 is 34.7 Å². The Morgan fingerprint density at radius 3 is 0.978 bits per heavy atom. The van der Waals surface area contributed by atoms with E-state index in [4.69, 9.17) is 9.47 Å². The number of aryl methyl sites for hydroxylation is 2. The second-order valence-corrected chi connectivity index (χ2v) is 51.8. The molecule has 3 N–H and O–H groups in total. The van der Waals surface area contributed by atoms with Crippen LogP contribution in [-0.2, 0) is 80.0 Å². The van der Waals surface area contributed by atoms with E-state index in [-0.39, 0.29) is 106 Å². The predicted octanol–water partition coefficient (Wildman–Crippen LogP) is 37.8. The van der Waals surface area contributed by atoms with Crippen molar-refractivity contribution in [2.45, 2.75) is 349 Å². The Kier molecular flexibility index (Phi) is 31.3. The van der Waals surface area contributed by atoms with Crippen molar-refractivity contribution < 1.29 is 54.3 Å². The number of aromatic hydroxyl groups is 2. The van der Waals surface area contributed by atoms with Gasteiger partial charge in [0.15, 0.2) is 0 Å². The number of halogens is 2. The third-order valence-electron chi connectivity index (χ3n) is 27.6. The van der Waals surface area contributed by atoms with Gasteiger partial charge < -0.3 is 44.4 Å². The first-order valence-corrected chi connectivity index (χ1v) is 49.3. The van der Waals surface area contributed by atoms with Gasteiger partial charge in [-0.1, -0.05) is 363 Å². The van der Waals surface area contributed by atoms with Crippen molar-refractivity contribution in [3.63, 3.8) is 0 Å². The Labute approximate surface area is 850 Å². The van der Waals surface area contributed by atoms with Crippen LogP contribution in [0.3, 0.4) is 0 Å². The second kappa shape index (κ2) is 39.2. The van der Waals surface area contributed by atoms with Crippen LogP contribution < -0.4 is 14.8 Å². The summed E-state index contributed by atoms with van der Waals surface area (Å²) in [5.41, 5.74) is 27.0. The first kappa shape index (κ1) is 110. The molecule has 1 aromatic heterocycles. The third kappa shape index (κ3) is 24.7. The van der Waals surface area contributed by atoms with Crippen LogP contribution in [-0.4, -0.2) is 27.0 Å². The molecule has 13 rings (SSSR count). The minimum Gasteiger partial charge on any atom is -0.505 e. The van der Waals surface area contributed by atoms with Gasteiger partial charge in [0.25, 0.3) is 0 Å². The van der Waals surface area contributed by atoms with E-state index in [9.17, 15) is 10.2 Å². The zero-order valence-corrected chi connectivity index (χ0v) is 95.3. The molecule has 0 aliphatic carbocycles. The molecule has 138 heavy (non-hydrogen) atoms. The van der Waals surface area contributed by atoms with Crippen molar-refractivity contribution in [3.8, 4) is 107 Å². The van der Waals surface area contributed by atoms with Crippen molar-refractivity contribution in [1.82, 2.24) is 4.57 Å². The summed E-state index contributed by atoms with van der Waals surface area (Å²) in [6.07, 6.45) is 0.726. The number of fused-ring (bicyclic) bond motifs is 3. The SMILES string of the molecule is Cc1cc(F)cc(-c2cc(C(C)(C)CC(C)(C)C)cc(Nc3cc(-c4cc(C(C)(C)C)cc(C(C)(C)C)c4)ccc3-c3ccc(-c4cc(C(C)(C)C)cc(C(C)(C)C)c4)cc3)c2O)c1O[C@H](C)C[C@@H](C)Oc1c(C)cc(F)cc1-c1cc(C(C)(C)CC(C)(C)C)cc(-n2c3ccc(-c4cc(C(C)(C)C)cc(C(C)(C)C)c4)cc3c3ccc(-c4cc(C(C)(C)C)cc(C(C)(C)C)c4)cc32)c1O.[CH3-].[CH3-].[Hf]. The Bertz CT molecular complexity index is 6540. The van der Waals surface area contributed by atoms with Gasteiger partial charge in [-0.2, -0.15) is 0 Å². The summed E-state index contributed by atoms with van der Waals surface area (Å²) < 4.78 is 50.9. The number of nitrogens with zero attached hydrogens (tertiary/aromatic N) is 1. The molecular weight excluding hydrogens is 1860 g/mol. The van der Waals surface area contributed by atoms with E-state index in [1.54, 1.807) is 0 Å². The molecule has 0 bridgehead atoms. The molecule has 0 amide bonds. The second-order valence-electron chi connectivity index (χ2n) is 51.8. The van der Waals surface area contributed by atoms with Crippen LogP contribution in [0.1, 0.15) is 335 Å². The van der Waals surface area contributed by atoms with Crippen LogP contribution in [0.15, 0.2) is 200 Å². The number of phenolic OH excluding ortho intramolecular Hbond substituents is 2. The van der Waals surface area contributed by atoms with Gasteiger partial charge in [-0.15, -0.1) is 0 Å². The molecule has 734 valence electrons. The average Bonchev–Trinajstić information content (AvgIpc) is 1.53. The number of rotatable bonds is 20. The monoisotopic (exact) mass is 2020 g/mol. The Morgan fingerprint density at radius 2 is 0.609 bits per heavy atom. The molecule has 12 aromatic carbocycles. The minimum atomic E-state index is -0.581. The summed E-state index contributed by atoms with van der Waals surface area (Å²) in [5, 5.41) is 33.5. The minimum absolute atomic E-state index is 0. The number of phenols is 2. The summed E-state index contributed by atoms with van der Waals surface area (Å²) in [5.74, 6) is -0.194. The van der Waals surface area contributed by atoms with Crippen molar-refractivity contribution in [2.75, 3.05) is 5.32 Å². The van der Waals surface area contributed by atoms with Crippen molar-refractivity contribution >= 4 is 33.2 Å². The zero-order valence-electron chi connectivity index (χ0n) is 91.7. The summed E-state index contributed by atoms with van der Waals surface area (Å²) in [6, 6.07) is 71.7. The largest absolute Gasteiger partial charge is 0.505 e. The predicted molar refractivity (Wildman–Crippen MR) is 589 cm³/mol. The quantitative estimate of drug-likeness (QED) is 0.0403. The molecule has 0 aliphatic rings. The molecule has 0 radical (unpaired) electrons. The van der Waals surface area contributed by atoms with Crippen LogP contribution in [0, 0.1) is 51.2 Å². The maximum Gasteiger partial charge on any atom is 0.147 e. The fraction of sp³-hybridized carbons (Fsp3) is 0.426. The molecule has 1 heterocycles. The van der Waals surface area contributed by atoms with Crippen molar-refractivity contribution in [1.29, 1.82) is 0 Å². The average molecular weight is 2020 g/mol. The molecule has 9 heteroatoms. The number of ether oxygens (including phenoxy) is 2. The number of aromatic nitrogens is 1. The van der Waals surface area contributed by atoms with Crippen molar-refractivity contribution in [2.24, 2.45) is 10.8 Å². The number of nitrogens with one attached hydrogen (secondary N) is 1. The smallest absolute Gasteiger partial charge is 0.147 e.